The number of carbonyl (C=O) groups excluding carboxylic acids is 1. The molecular weight excluding hydrogens is 391 g/mol. The Bertz CT molecular complexity index is 915. The largest absolute Gasteiger partial charge is 0.354 e. The molecule has 0 radical (unpaired) electrons. The van der Waals surface area contributed by atoms with Crippen LogP contribution >= 0.6 is 11.6 Å². The summed E-state index contributed by atoms with van der Waals surface area (Å²) in [6, 6.07) is 12.1. The molecule has 0 atom stereocenters. The van der Waals surface area contributed by atoms with E-state index in [-0.39, 0.29) is 23.8 Å². The molecule has 27 heavy (non-hydrogen) atoms. The zero-order valence-corrected chi connectivity index (χ0v) is 16.9. The Balaban J connectivity index is 2.00. The third-order valence-electron chi connectivity index (χ3n) is 4.22. The number of halogens is 2. The fraction of sp³-hybridized carbons (Fsp3) is 0.316. The SMILES string of the molecule is CN(CC(=O)NCC(C)(C)c1ccccc1F)S(=O)(=O)c1ccc(Cl)cc1. The molecule has 0 fully saturated rings. The third kappa shape index (κ3) is 5.28. The Morgan fingerprint density at radius 1 is 1.15 bits per heavy atom. The predicted octanol–water partition coefficient (Wildman–Crippen LogP) is 3.19. The van der Waals surface area contributed by atoms with Crippen molar-refractivity contribution in [3.63, 3.8) is 0 Å². The van der Waals surface area contributed by atoms with E-state index in [0.29, 0.717) is 10.6 Å². The van der Waals surface area contributed by atoms with Gasteiger partial charge in [-0.15, -0.1) is 0 Å². The van der Waals surface area contributed by atoms with Crippen LogP contribution in [0.25, 0.3) is 0 Å². The lowest BCUT2D eigenvalue weighted by Gasteiger charge is -2.26. The van der Waals surface area contributed by atoms with Gasteiger partial charge in [0, 0.05) is 24.0 Å². The number of benzene rings is 2. The molecule has 0 bridgehead atoms. The molecule has 0 aromatic heterocycles. The molecule has 2 rings (SSSR count). The molecule has 0 aliphatic carbocycles. The minimum atomic E-state index is -3.81. The molecule has 8 heteroatoms. The van der Waals surface area contributed by atoms with Crippen LogP contribution in [0.3, 0.4) is 0 Å². The first-order valence-electron chi connectivity index (χ1n) is 8.27. The number of amides is 1. The van der Waals surface area contributed by atoms with Crippen molar-refractivity contribution >= 4 is 27.5 Å². The maximum absolute atomic E-state index is 14.0. The summed E-state index contributed by atoms with van der Waals surface area (Å²) in [7, 11) is -2.48. The van der Waals surface area contributed by atoms with Crippen LogP contribution in [0.4, 0.5) is 4.39 Å². The quantitative estimate of drug-likeness (QED) is 0.759. The second kappa shape index (κ2) is 8.37. The summed E-state index contributed by atoms with van der Waals surface area (Å²) in [6.45, 7) is 3.43. The lowest BCUT2D eigenvalue weighted by molar-refractivity contribution is -0.121. The van der Waals surface area contributed by atoms with E-state index in [9.17, 15) is 17.6 Å². The van der Waals surface area contributed by atoms with Crippen LogP contribution in [0.1, 0.15) is 19.4 Å². The number of nitrogens with zero attached hydrogens (tertiary/aromatic N) is 1. The van der Waals surface area contributed by atoms with Crippen LogP contribution in [0, 0.1) is 5.82 Å². The first kappa shape index (κ1) is 21.3. The number of sulfonamides is 1. The van der Waals surface area contributed by atoms with Gasteiger partial charge in [0.05, 0.1) is 11.4 Å². The van der Waals surface area contributed by atoms with Gasteiger partial charge in [0.25, 0.3) is 0 Å². The van der Waals surface area contributed by atoms with Crippen molar-refractivity contribution in [2.75, 3.05) is 20.1 Å². The van der Waals surface area contributed by atoms with E-state index in [4.69, 9.17) is 11.6 Å². The molecule has 0 saturated carbocycles. The Kier molecular flexibility index (Phi) is 6.62. The lowest BCUT2D eigenvalue weighted by Crippen LogP contribution is -2.43. The van der Waals surface area contributed by atoms with Crippen molar-refractivity contribution in [3.8, 4) is 0 Å². The average Bonchev–Trinajstić information content (AvgIpc) is 2.60. The van der Waals surface area contributed by atoms with Crippen molar-refractivity contribution in [1.29, 1.82) is 0 Å². The normalized spacial score (nSPS) is 12.2. The molecule has 2 aromatic rings. The van der Waals surface area contributed by atoms with Gasteiger partial charge in [-0.2, -0.15) is 4.31 Å². The third-order valence-corrected chi connectivity index (χ3v) is 6.29. The van der Waals surface area contributed by atoms with Crippen LogP contribution in [0.5, 0.6) is 0 Å². The zero-order valence-electron chi connectivity index (χ0n) is 15.4. The summed E-state index contributed by atoms with van der Waals surface area (Å²) in [5.41, 5.74) is -0.165. The minimum Gasteiger partial charge on any atom is -0.354 e. The van der Waals surface area contributed by atoms with E-state index in [2.05, 4.69) is 5.32 Å². The number of likely N-dealkylation sites (N-methyl/N-ethyl adjacent to an activating group) is 1. The maximum Gasteiger partial charge on any atom is 0.243 e. The molecular formula is C19H22ClFN2O3S. The Labute approximate surface area is 164 Å². The van der Waals surface area contributed by atoms with Gasteiger partial charge < -0.3 is 5.32 Å². The second-order valence-electron chi connectivity index (χ2n) is 6.86. The summed E-state index contributed by atoms with van der Waals surface area (Å²) < 4.78 is 39.9. The standard InChI is InChI=1S/C19H22ClFN2O3S/c1-19(2,16-6-4-5-7-17(16)21)13-22-18(24)12-23(3)27(25,26)15-10-8-14(20)9-11-15/h4-11H,12-13H2,1-3H3,(H,22,24). The van der Waals surface area contributed by atoms with E-state index >= 15 is 0 Å². The van der Waals surface area contributed by atoms with E-state index in [1.807, 2.05) is 0 Å². The van der Waals surface area contributed by atoms with Crippen molar-refractivity contribution in [1.82, 2.24) is 9.62 Å². The number of carbonyl (C=O) groups is 1. The van der Waals surface area contributed by atoms with Crippen molar-refractivity contribution in [2.45, 2.75) is 24.2 Å². The second-order valence-corrected chi connectivity index (χ2v) is 9.34. The zero-order chi connectivity index (χ0) is 20.2. The van der Waals surface area contributed by atoms with Crippen molar-refractivity contribution in [3.05, 3.63) is 64.9 Å². The molecule has 0 aliphatic heterocycles. The molecule has 5 nitrogen and oxygen atoms in total. The topological polar surface area (TPSA) is 66.5 Å². The van der Waals surface area contributed by atoms with Gasteiger partial charge in [-0.05, 0) is 35.9 Å². The maximum atomic E-state index is 14.0. The fourth-order valence-corrected chi connectivity index (χ4v) is 3.81. The van der Waals surface area contributed by atoms with Gasteiger partial charge >= 0.3 is 0 Å². The summed E-state index contributed by atoms with van der Waals surface area (Å²) >= 11 is 5.77. The summed E-state index contributed by atoms with van der Waals surface area (Å²) in [4.78, 5) is 12.3. The van der Waals surface area contributed by atoms with Gasteiger partial charge in [-0.1, -0.05) is 43.6 Å². The van der Waals surface area contributed by atoms with Crippen LogP contribution in [-0.4, -0.2) is 38.8 Å². The smallest absolute Gasteiger partial charge is 0.243 e. The Morgan fingerprint density at radius 3 is 2.33 bits per heavy atom. The van der Waals surface area contributed by atoms with Gasteiger partial charge in [0.15, 0.2) is 0 Å². The summed E-state index contributed by atoms with van der Waals surface area (Å²) in [6.07, 6.45) is 0. The van der Waals surface area contributed by atoms with Gasteiger partial charge in [-0.3, -0.25) is 4.79 Å². The van der Waals surface area contributed by atoms with E-state index in [1.54, 1.807) is 32.0 Å². The predicted molar refractivity (Wildman–Crippen MR) is 104 cm³/mol. The van der Waals surface area contributed by atoms with Gasteiger partial charge in [0.1, 0.15) is 5.82 Å². The van der Waals surface area contributed by atoms with E-state index < -0.39 is 21.3 Å². The molecule has 1 N–H and O–H groups in total. The summed E-state index contributed by atoms with van der Waals surface area (Å²) in [5.74, 6) is -0.821. The Hall–Kier alpha value is -1.96. The van der Waals surface area contributed by atoms with Crippen LogP contribution in [0.2, 0.25) is 5.02 Å². The molecule has 0 unspecified atom stereocenters. The molecule has 2 aromatic carbocycles. The van der Waals surface area contributed by atoms with Gasteiger partial charge in [0.2, 0.25) is 15.9 Å². The van der Waals surface area contributed by atoms with Crippen LogP contribution < -0.4 is 5.32 Å². The van der Waals surface area contributed by atoms with Crippen molar-refractivity contribution in [2.24, 2.45) is 0 Å². The monoisotopic (exact) mass is 412 g/mol. The number of hydrogen-bond acceptors (Lipinski definition) is 3. The fourth-order valence-electron chi connectivity index (χ4n) is 2.55. The Morgan fingerprint density at radius 2 is 1.74 bits per heavy atom. The van der Waals surface area contributed by atoms with Crippen LogP contribution in [-0.2, 0) is 20.2 Å². The van der Waals surface area contributed by atoms with E-state index in [1.165, 1.54) is 37.4 Å². The number of rotatable bonds is 7. The van der Waals surface area contributed by atoms with E-state index in [0.717, 1.165) is 4.31 Å². The summed E-state index contributed by atoms with van der Waals surface area (Å²) in [5, 5.41) is 3.10. The van der Waals surface area contributed by atoms with Gasteiger partial charge in [-0.25, -0.2) is 12.8 Å². The highest BCUT2D eigenvalue weighted by molar-refractivity contribution is 7.89. The minimum absolute atomic E-state index is 0.0499. The van der Waals surface area contributed by atoms with Crippen molar-refractivity contribution < 1.29 is 17.6 Å². The first-order chi connectivity index (χ1) is 12.5. The van der Waals surface area contributed by atoms with Crippen LogP contribution in [0.15, 0.2) is 53.4 Å². The number of nitrogens with one attached hydrogen (secondary N) is 1. The highest BCUT2D eigenvalue weighted by Gasteiger charge is 2.26. The molecule has 0 spiro atoms. The number of hydrogen-bond donors (Lipinski definition) is 1. The molecule has 1 amide bonds. The highest BCUT2D eigenvalue weighted by Crippen LogP contribution is 2.24. The molecule has 0 aliphatic rings. The highest BCUT2D eigenvalue weighted by atomic mass is 35.5. The first-order valence-corrected chi connectivity index (χ1v) is 10.1. The molecule has 0 saturated heterocycles. The molecule has 0 heterocycles. The molecule has 146 valence electrons. The average molecular weight is 413 g/mol. The lowest BCUT2D eigenvalue weighted by atomic mass is 9.84.